The highest BCUT2D eigenvalue weighted by atomic mass is 32.1. The highest BCUT2D eigenvalue weighted by Crippen LogP contribution is 2.37. The third-order valence-electron chi connectivity index (χ3n) is 4.61. The van der Waals surface area contributed by atoms with E-state index in [2.05, 4.69) is 15.3 Å². The maximum atomic E-state index is 11.9. The van der Waals surface area contributed by atoms with E-state index in [-0.39, 0.29) is 25.5 Å². The summed E-state index contributed by atoms with van der Waals surface area (Å²) in [6.45, 7) is 0.190. The van der Waals surface area contributed by atoms with Crippen LogP contribution in [0.5, 0.6) is 0 Å². The first-order valence-electron chi connectivity index (χ1n) is 9.16. The molecule has 0 saturated carbocycles. The number of thiophene rings is 2. The molecule has 3 aromatic heterocycles. The van der Waals surface area contributed by atoms with Gasteiger partial charge in [-0.2, -0.15) is 0 Å². The lowest BCUT2D eigenvalue weighted by atomic mass is 9.97. The van der Waals surface area contributed by atoms with Crippen molar-refractivity contribution < 1.29 is 14.3 Å². The standard InChI is InChI=1S/C19H20N4O3S2/c20-17-16-11-4-1-2-5-12(11)28-19(16)23-14(22-17)10-26-15(24)7-8-21-18(25)13-6-3-9-27-13/h3,6,9H,1-2,4-5,7-8,10H2,(H,21,25)(H2,20,22,23). The number of aryl methyl sites for hydroxylation is 2. The first kappa shape index (κ1) is 18.8. The first-order chi connectivity index (χ1) is 13.6. The number of aromatic nitrogens is 2. The lowest BCUT2D eigenvalue weighted by Gasteiger charge is -2.10. The summed E-state index contributed by atoms with van der Waals surface area (Å²) in [6.07, 6.45) is 4.54. The average Bonchev–Trinajstić information content (AvgIpc) is 3.34. The smallest absolute Gasteiger partial charge is 0.308 e. The first-order valence-corrected chi connectivity index (χ1v) is 10.9. The summed E-state index contributed by atoms with van der Waals surface area (Å²) in [5.74, 6) is 0.253. The van der Waals surface area contributed by atoms with Crippen LogP contribution in [0.2, 0.25) is 0 Å². The molecule has 7 nitrogen and oxygen atoms in total. The molecule has 3 aromatic rings. The number of nitrogens with one attached hydrogen (secondary N) is 1. The molecule has 1 aliphatic rings. The SMILES string of the molecule is Nc1nc(COC(=O)CCNC(=O)c2cccs2)nc2sc3c(c12)CCCC3. The average molecular weight is 417 g/mol. The van der Waals surface area contributed by atoms with Gasteiger partial charge in [0.25, 0.3) is 5.91 Å². The molecule has 0 saturated heterocycles. The van der Waals surface area contributed by atoms with Crippen molar-refractivity contribution in [3.63, 3.8) is 0 Å². The molecular formula is C19H20N4O3S2. The molecule has 0 spiro atoms. The normalized spacial score (nSPS) is 13.3. The van der Waals surface area contributed by atoms with Crippen LogP contribution in [-0.2, 0) is 29.0 Å². The summed E-state index contributed by atoms with van der Waals surface area (Å²) < 4.78 is 5.24. The number of anilines is 1. The Morgan fingerprint density at radius 2 is 2.11 bits per heavy atom. The number of amides is 1. The molecule has 4 rings (SSSR count). The van der Waals surface area contributed by atoms with Gasteiger partial charge < -0.3 is 15.8 Å². The number of nitrogens with zero attached hydrogens (tertiary/aromatic N) is 2. The molecule has 1 amide bonds. The minimum Gasteiger partial charge on any atom is -0.457 e. The Kier molecular flexibility index (Phi) is 5.54. The van der Waals surface area contributed by atoms with E-state index in [1.165, 1.54) is 34.6 Å². The van der Waals surface area contributed by atoms with Gasteiger partial charge in [-0.25, -0.2) is 9.97 Å². The van der Waals surface area contributed by atoms with Crippen molar-refractivity contribution in [2.45, 2.75) is 38.7 Å². The highest BCUT2D eigenvalue weighted by Gasteiger charge is 2.20. The summed E-state index contributed by atoms with van der Waals surface area (Å²) in [7, 11) is 0. The topological polar surface area (TPSA) is 107 Å². The number of nitrogens with two attached hydrogens (primary N) is 1. The van der Waals surface area contributed by atoms with Crippen LogP contribution < -0.4 is 11.1 Å². The Balaban J connectivity index is 1.32. The number of ether oxygens (including phenoxy) is 1. The molecule has 1 aliphatic carbocycles. The van der Waals surface area contributed by atoms with Gasteiger partial charge in [0.15, 0.2) is 12.4 Å². The van der Waals surface area contributed by atoms with Crippen molar-refractivity contribution in [2.24, 2.45) is 0 Å². The predicted molar refractivity (Wildman–Crippen MR) is 110 cm³/mol. The van der Waals surface area contributed by atoms with Crippen LogP contribution >= 0.6 is 22.7 Å². The largest absolute Gasteiger partial charge is 0.457 e. The fourth-order valence-electron chi connectivity index (χ4n) is 3.29. The number of rotatable bonds is 6. The number of hydrogen-bond donors (Lipinski definition) is 2. The number of hydrogen-bond acceptors (Lipinski definition) is 8. The molecule has 9 heteroatoms. The molecule has 0 aromatic carbocycles. The van der Waals surface area contributed by atoms with Crippen LogP contribution in [-0.4, -0.2) is 28.4 Å². The summed E-state index contributed by atoms with van der Waals surface area (Å²) in [5.41, 5.74) is 7.45. The summed E-state index contributed by atoms with van der Waals surface area (Å²) in [5, 5.41) is 5.49. The van der Waals surface area contributed by atoms with Gasteiger partial charge in [-0.05, 0) is 42.7 Å². The van der Waals surface area contributed by atoms with Crippen LogP contribution in [0, 0.1) is 0 Å². The second-order valence-electron chi connectivity index (χ2n) is 6.56. The van der Waals surface area contributed by atoms with Gasteiger partial charge in [0.05, 0.1) is 16.7 Å². The van der Waals surface area contributed by atoms with Gasteiger partial charge in [-0.15, -0.1) is 22.7 Å². The van der Waals surface area contributed by atoms with Crippen molar-refractivity contribution in [3.8, 4) is 0 Å². The molecular weight excluding hydrogens is 396 g/mol. The molecule has 0 unspecified atom stereocenters. The predicted octanol–water partition coefficient (Wildman–Crippen LogP) is 3.08. The van der Waals surface area contributed by atoms with Crippen molar-refractivity contribution in [3.05, 3.63) is 38.7 Å². The third kappa shape index (κ3) is 4.00. The summed E-state index contributed by atoms with van der Waals surface area (Å²) in [4.78, 5) is 35.5. The van der Waals surface area contributed by atoms with Gasteiger partial charge in [0.2, 0.25) is 0 Å². The van der Waals surface area contributed by atoms with Gasteiger partial charge in [-0.3, -0.25) is 9.59 Å². The molecule has 0 aliphatic heterocycles. The van der Waals surface area contributed by atoms with E-state index < -0.39 is 5.97 Å². The van der Waals surface area contributed by atoms with Crippen LogP contribution in [0.1, 0.15) is 45.2 Å². The maximum absolute atomic E-state index is 11.9. The van der Waals surface area contributed by atoms with E-state index >= 15 is 0 Å². The fraction of sp³-hybridized carbons (Fsp3) is 0.368. The van der Waals surface area contributed by atoms with E-state index in [0.29, 0.717) is 16.5 Å². The minimum atomic E-state index is -0.417. The Bertz CT molecular complexity index is 1010. The van der Waals surface area contributed by atoms with E-state index in [9.17, 15) is 9.59 Å². The van der Waals surface area contributed by atoms with Crippen molar-refractivity contribution in [1.29, 1.82) is 0 Å². The lowest BCUT2D eigenvalue weighted by molar-refractivity contribution is -0.145. The Morgan fingerprint density at radius 3 is 2.93 bits per heavy atom. The van der Waals surface area contributed by atoms with E-state index in [0.717, 1.165) is 23.1 Å². The van der Waals surface area contributed by atoms with Crippen molar-refractivity contribution >= 4 is 50.6 Å². The van der Waals surface area contributed by atoms with E-state index in [1.54, 1.807) is 23.5 Å². The molecule has 0 bridgehead atoms. The summed E-state index contributed by atoms with van der Waals surface area (Å²) >= 11 is 3.01. The lowest BCUT2D eigenvalue weighted by Crippen LogP contribution is -2.25. The number of esters is 1. The number of nitrogen functional groups attached to an aromatic ring is 1. The molecule has 0 radical (unpaired) electrons. The highest BCUT2D eigenvalue weighted by molar-refractivity contribution is 7.19. The zero-order valence-corrected chi connectivity index (χ0v) is 16.8. The minimum absolute atomic E-state index is 0.0274. The molecule has 28 heavy (non-hydrogen) atoms. The maximum Gasteiger partial charge on any atom is 0.308 e. The fourth-order valence-corrected chi connectivity index (χ4v) is 5.21. The molecule has 0 atom stereocenters. The van der Waals surface area contributed by atoms with Gasteiger partial charge in [-0.1, -0.05) is 6.07 Å². The van der Waals surface area contributed by atoms with Crippen LogP contribution in [0.25, 0.3) is 10.2 Å². The number of carbonyl (C=O) groups excluding carboxylic acids is 2. The van der Waals surface area contributed by atoms with Gasteiger partial charge in [0.1, 0.15) is 10.6 Å². The Labute approximate surface area is 169 Å². The van der Waals surface area contributed by atoms with E-state index in [4.69, 9.17) is 10.5 Å². The zero-order valence-electron chi connectivity index (χ0n) is 15.2. The Morgan fingerprint density at radius 1 is 1.25 bits per heavy atom. The molecule has 0 fully saturated rings. The van der Waals surface area contributed by atoms with Crippen LogP contribution in [0.15, 0.2) is 17.5 Å². The van der Waals surface area contributed by atoms with Crippen molar-refractivity contribution in [1.82, 2.24) is 15.3 Å². The second-order valence-corrected chi connectivity index (χ2v) is 8.59. The third-order valence-corrected chi connectivity index (χ3v) is 6.67. The second kappa shape index (κ2) is 8.24. The quantitative estimate of drug-likeness (QED) is 0.598. The molecule has 3 heterocycles. The number of fused-ring (bicyclic) bond motifs is 3. The van der Waals surface area contributed by atoms with Gasteiger partial charge in [0, 0.05) is 11.4 Å². The van der Waals surface area contributed by atoms with Crippen LogP contribution in [0.3, 0.4) is 0 Å². The van der Waals surface area contributed by atoms with E-state index in [1.807, 2.05) is 5.38 Å². The molecule has 146 valence electrons. The Hall–Kier alpha value is -2.52. The monoisotopic (exact) mass is 416 g/mol. The number of carbonyl (C=O) groups is 2. The molecule has 3 N–H and O–H groups in total. The van der Waals surface area contributed by atoms with Crippen LogP contribution in [0.4, 0.5) is 5.82 Å². The zero-order chi connectivity index (χ0) is 19.5. The summed E-state index contributed by atoms with van der Waals surface area (Å²) in [6, 6.07) is 3.54. The van der Waals surface area contributed by atoms with Crippen molar-refractivity contribution in [2.75, 3.05) is 12.3 Å². The van der Waals surface area contributed by atoms with Gasteiger partial charge >= 0.3 is 5.97 Å².